The monoisotopic (exact) mass is 286 g/mol. The fraction of sp³-hybridized carbons (Fsp3) is 0.333. The first-order valence-electron chi connectivity index (χ1n) is 4.84. The maximum absolute atomic E-state index is 5.40. The third-order valence-corrected chi connectivity index (χ3v) is 2.31. The van der Waals surface area contributed by atoms with E-state index in [1.807, 2.05) is 30.4 Å². The third kappa shape index (κ3) is 3.54. The van der Waals surface area contributed by atoms with Gasteiger partial charge in [-0.2, -0.15) is 0 Å². The quantitative estimate of drug-likeness (QED) is 0.594. The number of hydrogen-bond acceptors (Lipinski definition) is 3. The van der Waals surface area contributed by atoms with Gasteiger partial charge in [-0.05, 0) is 6.07 Å². The summed E-state index contributed by atoms with van der Waals surface area (Å²) < 4.78 is 15.6. The molecule has 0 aliphatic carbocycles. The first-order chi connectivity index (χ1) is 7.83. The van der Waals surface area contributed by atoms with Crippen LogP contribution in [0.1, 0.15) is 5.56 Å². The Morgan fingerprint density at radius 1 is 1.31 bits per heavy atom. The summed E-state index contributed by atoms with van der Waals surface area (Å²) in [4.78, 5) is 0. The van der Waals surface area contributed by atoms with Gasteiger partial charge >= 0.3 is 0 Å². The Bertz CT molecular complexity index is 350. The number of benzene rings is 1. The summed E-state index contributed by atoms with van der Waals surface area (Å²) in [5, 5.41) is 0.805. The molecule has 0 amide bonds. The van der Waals surface area contributed by atoms with Gasteiger partial charge in [0.05, 0.1) is 7.11 Å². The molecule has 0 unspecified atom stereocenters. The van der Waals surface area contributed by atoms with Crippen LogP contribution in [0.4, 0.5) is 0 Å². The summed E-state index contributed by atoms with van der Waals surface area (Å²) in [6.45, 7) is 0.210. The highest BCUT2D eigenvalue weighted by molar-refractivity contribution is 9.09. The van der Waals surface area contributed by atoms with E-state index in [1.54, 1.807) is 14.2 Å². The van der Waals surface area contributed by atoms with Crippen LogP contribution in [0.15, 0.2) is 24.3 Å². The summed E-state index contributed by atoms with van der Waals surface area (Å²) in [7, 11) is 3.21. The fourth-order valence-corrected chi connectivity index (χ4v) is 1.48. The maximum atomic E-state index is 5.40. The summed E-state index contributed by atoms with van der Waals surface area (Å²) >= 11 is 3.33. The highest BCUT2D eigenvalue weighted by Crippen LogP contribution is 2.31. The number of methoxy groups -OCH3 is 2. The van der Waals surface area contributed by atoms with Gasteiger partial charge in [0.2, 0.25) is 0 Å². The van der Waals surface area contributed by atoms with E-state index in [0.29, 0.717) is 5.75 Å². The summed E-state index contributed by atoms with van der Waals surface area (Å²) in [5.41, 5.74) is 0.982. The Kier molecular flexibility index (Phi) is 5.96. The predicted molar refractivity (Wildman–Crippen MR) is 68.3 cm³/mol. The van der Waals surface area contributed by atoms with Crippen molar-refractivity contribution in [1.82, 2.24) is 0 Å². The molecular weight excluding hydrogens is 272 g/mol. The molecule has 0 saturated heterocycles. The molecule has 0 atom stereocenters. The molecule has 0 aliphatic heterocycles. The molecule has 0 fully saturated rings. The summed E-state index contributed by atoms with van der Waals surface area (Å²) in [6, 6.07) is 5.74. The smallest absolute Gasteiger partial charge is 0.188 e. The van der Waals surface area contributed by atoms with Gasteiger partial charge < -0.3 is 14.2 Å². The normalized spacial score (nSPS) is 10.7. The van der Waals surface area contributed by atoms with Crippen molar-refractivity contribution in [1.29, 1.82) is 0 Å². The zero-order chi connectivity index (χ0) is 11.8. The van der Waals surface area contributed by atoms with E-state index in [2.05, 4.69) is 15.9 Å². The molecule has 0 spiro atoms. The van der Waals surface area contributed by atoms with Crippen LogP contribution in [0.5, 0.6) is 11.5 Å². The third-order valence-electron chi connectivity index (χ3n) is 1.93. The number of rotatable bonds is 6. The van der Waals surface area contributed by atoms with Crippen molar-refractivity contribution in [3.8, 4) is 11.5 Å². The van der Waals surface area contributed by atoms with Crippen molar-refractivity contribution in [3.05, 3.63) is 29.8 Å². The Morgan fingerprint density at radius 3 is 2.75 bits per heavy atom. The van der Waals surface area contributed by atoms with Gasteiger partial charge in [0.15, 0.2) is 18.3 Å². The molecule has 16 heavy (non-hydrogen) atoms. The molecule has 0 saturated carbocycles. The van der Waals surface area contributed by atoms with Crippen LogP contribution < -0.4 is 9.47 Å². The van der Waals surface area contributed by atoms with Crippen LogP contribution in [-0.2, 0) is 4.74 Å². The Hall–Kier alpha value is -1.00. The SMILES string of the molecule is COCOc1cccc(C=CCBr)c1OC. The second-order valence-corrected chi connectivity index (χ2v) is 3.63. The van der Waals surface area contributed by atoms with E-state index in [1.165, 1.54) is 0 Å². The topological polar surface area (TPSA) is 27.7 Å². The molecule has 1 rings (SSSR count). The average Bonchev–Trinajstić information content (AvgIpc) is 2.33. The standard InChI is InChI=1S/C12H15BrO3/c1-14-9-16-11-7-3-5-10(6-4-8-13)12(11)15-2/h3-7H,8-9H2,1-2H3. The van der Waals surface area contributed by atoms with E-state index in [0.717, 1.165) is 16.6 Å². The van der Waals surface area contributed by atoms with Gasteiger partial charge in [0, 0.05) is 18.0 Å². The van der Waals surface area contributed by atoms with E-state index >= 15 is 0 Å². The second-order valence-electron chi connectivity index (χ2n) is 2.99. The van der Waals surface area contributed by atoms with Crippen LogP contribution in [-0.4, -0.2) is 26.3 Å². The van der Waals surface area contributed by atoms with E-state index in [4.69, 9.17) is 14.2 Å². The van der Waals surface area contributed by atoms with E-state index in [9.17, 15) is 0 Å². The lowest BCUT2D eigenvalue weighted by Gasteiger charge is -2.11. The van der Waals surface area contributed by atoms with Crippen LogP contribution in [0.2, 0.25) is 0 Å². The largest absolute Gasteiger partial charge is 0.492 e. The van der Waals surface area contributed by atoms with Crippen LogP contribution in [0, 0.1) is 0 Å². The van der Waals surface area contributed by atoms with Gasteiger partial charge in [0.25, 0.3) is 0 Å². The number of hydrogen-bond donors (Lipinski definition) is 0. The van der Waals surface area contributed by atoms with Crippen molar-refractivity contribution in [2.75, 3.05) is 26.3 Å². The molecule has 88 valence electrons. The van der Waals surface area contributed by atoms with Gasteiger partial charge in [0.1, 0.15) is 0 Å². The van der Waals surface area contributed by atoms with Crippen molar-refractivity contribution in [2.24, 2.45) is 0 Å². The fourth-order valence-electron chi connectivity index (χ4n) is 1.29. The zero-order valence-corrected chi connectivity index (χ0v) is 11.0. The molecule has 0 aromatic heterocycles. The van der Waals surface area contributed by atoms with E-state index < -0.39 is 0 Å². The average molecular weight is 287 g/mol. The Labute approximate surface area is 104 Å². The summed E-state index contributed by atoms with van der Waals surface area (Å²) in [5.74, 6) is 1.40. The maximum Gasteiger partial charge on any atom is 0.188 e. The molecule has 3 nitrogen and oxygen atoms in total. The van der Waals surface area contributed by atoms with E-state index in [-0.39, 0.29) is 6.79 Å². The lowest BCUT2D eigenvalue weighted by atomic mass is 10.1. The first kappa shape index (κ1) is 13.1. The minimum Gasteiger partial charge on any atom is -0.492 e. The molecule has 1 aromatic carbocycles. The molecule has 0 aliphatic rings. The summed E-state index contributed by atoms with van der Waals surface area (Å²) in [6.07, 6.45) is 3.98. The Balaban J connectivity index is 2.95. The minimum atomic E-state index is 0.210. The Morgan fingerprint density at radius 2 is 2.12 bits per heavy atom. The van der Waals surface area contributed by atoms with Crippen molar-refractivity contribution >= 4 is 22.0 Å². The van der Waals surface area contributed by atoms with Crippen LogP contribution in [0.3, 0.4) is 0 Å². The second kappa shape index (κ2) is 7.30. The highest BCUT2D eigenvalue weighted by atomic mass is 79.9. The zero-order valence-electron chi connectivity index (χ0n) is 9.40. The first-order valence-corrected chi connectivity index (χ1v) is 5.97. The molecule has 0 heterocycles. The number of para-hydroxylation sites is 1. The number of alkyl halides is 1. The van der Waals surface area contributed by atoms with Crippen LogP contribution >= 0.6 is 15.9 Å². The lowest BCUT2D eigenvalue weighted by molar-refractivity contribution is 0.0491. The predicted octanol–water partition coefficient (Wildman–Crippen LogP) is 3.09. The van der Waals surface area contributed by atoms with Crippen molar-refractivity contribution < 1.29 is 14.2 Å². The number of ether oxygens (including phenoxy) is 3. The van der Waals surface area contributed by atoms with Gasteiger partial charge in [-0.15, -0.1) is 0 Å². The molecule has 1 aromatic rings. The minimum absolute atomic E-state index is 0.210. The van der Waals surface area contributed by atoms with Crippen molar-refractivity contribution in [2.45, 2.75) is 0 Å². The van der Waals surface area contributed by atoms with Crippen LogP contribution in [0.25, 0.3) is 6.08 Å². The van der Waals surface area contributed by atoms with Crippen molar-refractivity contribution in [3.63, 3.8) is 0 Å². The number of halogens is 1. The van der Waals surface area contributed by atoms with Gasteiger partial charge in [-0.25, -0.2) is 0 Å². The molecule has 0 bridgehead atoms. The molecule has 0 N–H and O–H groups in total. The van der Waals surface area contributed by atoms with Gasteiger partial charge in [-0.1, -0.05) is 40.2 Å². The lowest BCUT2D eigenvalue weighted by Crippen LogP contribution is -2.01. The highest BCUT2D eigenvalue weighted by Gasteiger charge is 2.07. The molecule has 0 radical (unpaired) electrons. The molecular formula is C12H15BrO3. The van der Waals surface area contributed by atoms with Gasteiger partial charge in [-0.3, -0.25) is 0 Å². The number of allylic oxidation sites excluding steroid dienone is 1. The molecule has 4 heteroatoms.